The average Bonchev–Trinajstić information content (AvgIpc) is 2.80. The predicted molar refractivity (Wildman–Crippen MR) is 105 cm³/mol. The van der Waals surface area contributed by atoms with E-state index in [1.165, 1.54) is 48.2 Å². The molecule has 148 valence electrons. The van der Waals surface area contributed by atoms with Crippen LogP contribution in [0.2, 0.25) is 0 Å². The number of nitrogens with zero attached hydrogens (tertiary/aromatic N) is 1. The molecule has 2 aromatic rings. The van der Waals surface area contributed by atoms with E-state index in [9.17, 15) is 22.4 Å². The number of nitrogens with one attached hydrogen (secondary N) is 2. The Morgan fingerprint density at radius 2 is 1.96 bits per heavy atom. The molecule has 0 spiro atoms. The third kappa shape index (κ3) is 3.91. The summed E-state index contributed by atoms with van der Waals surface area (Å²) in [6.07, 6.45) is 0.0152. The third-order valence-corrected chi connectivity index (χ3v) is 6.09. The summed E-state index contributed by atoms with van der Waals surface area (Å²) in [5.74, 6) is -0.939. The normalized spacial score (nSPS) is 14.1. The van der Waals surface area contributed by atoms with Crippen molar-refractivity contribution in [2.75, 3.05) is 33.6 Å². The lowest BCUT2D eigenvalue weighted by atomic mass is 10.2. The quantitative estimate of drug-likeness (QED) is 0.677. The summed E-state index contributed by atoms with van der Waals surface area (Å²) in [7, 11) is -3.64. The molecule has 1 aliphatic heterocycles. The van der Waals surface area contributed by atoms with Crippen molar-refractivity contribution in [1.82, 2.24) is 0 Å². The zero-order valence-corrected chi connectivity index (χ0v) is 15.8. The van der Waals surface area contributed by atoms with Gasteiger partial charge < -0.3 is 16.4 Å². The van der Waals surface area contributed by atoms with Gasteiger partial charge in [-0.2, -0.15) is 0 Å². The largest absolute Gasteiger partial charge is 0.398 e. The molecule has 28 heavy (non-hydrogen) atoms. The molecule has 1 heterocycles. The van der Waals surface area contributed by atoms with Crippen LogP contribution in [0.5, 0.6) is 0 Å². The number of carbonyl (C=O) groups excluding carboxylic acids is 2. The Bertz CT molecular complexity index is 1040. The van der Waals surface area contributed by atoms with Crippen LogP contribution in [-0.2, 0) is 14.6 Å². The molecule has 0 radical (unpaired) electrons. The second-order valence-electron chi connectivity index (χ2n) is 6.20. The van der Waals surface area contributed by atoms with Gasteiger partial charge in [0.1, 0.15) is 5.82 Å². The average molecular weight is 406 g/mol. The number of fused-ring (bicyclic) bond motifs is 1. The number of hydrogen-bond acceptors (Lipinski definition) is 5. The Kier molecular flexibility index (Phi) is 5.23. The highest BCUT2D eigenvalue weighted by molar-refractivity contribution is 7.91. The lowest BCUT2D eigenvalue weighted by Crippen LogP contribution is -2.36. The van der Waals surface area contributed by atoms with E-state index < -0.39 is 21.7 Å². The van der Waals surface area contributed by atoms with Gasteiger partial charge in [-0.1, -0.05) is 6.92 Å². The molecule has 2 aromatic carbocycles. The van der Waals surface area contributed by atoms with Crippen LogP contribution in [-0.4, -0.2) is 32.7 Å². The summed E-state index contributed by atoms with van der Waals surface area (Å²) < 4.78 is 37.7. The topological polar surface area (TPSA) is 122 Å². The SMILES string of the molecule is CCS(=O)(=O)c1cc2c(cc1N)NC(=O)CCN2C(=O)Nc1ccc(F)cc1. The fourth-order valence-corrected chi connectivity index (χ4v) is 3.84. The molecule has 8 nitrogen and oxygen atoms in total. The Morgan fingerprint density at radius 3 is 2.61 bits per heavy atom. The van der Waals surface area contributed by atoms with Crippen LogP contribution < -0.4 is 21.3 Å². The highest BCUT2D eigenvalue weighted by Gasteiger charge is 2.28. The first kappa shape index (κ1) is 19.6. The van der Waals surface area contributed by atoms with Gasteiger partial charge in [0.05, 0.1) is 27.7 Å². The van der Waals surface area contributed by atoms with E-state index in [0.29, 0.717) is 5.69 Å². The number of halogens is 1. The number of rotatable bonds is 3. The first-order valence-electron chi connectivity index (χ1n) is 8.51. The van der Waals surface area contributed by atoms with E-state index in [1.807, 2.05) is 0 Å². The van der Waals surface area contributed by atoms with Crippen molar-refractivity contribution >= 4 is 44.5 Å². The molecular weight excluding hydrogens is 387 g/mol. The fraction of sp³-hybridized carbons (Fsp3) is 0.222. The van der Waals surface area contributed by atoms with Crippen LogP contribution in [0.4, 0.5) is 31.9 Å². The van der Waals surface area contributed by atoms with Gasteiger partial charge in [-0.3, -0.25) is 9.69 Å². The molecule has 0 saturated heterocycles. The van der Waals surface area contributed by atoms with Crippen LogP contribution in [0.1, 0.15) is 13.3 Å². The number of sulfone groups is 1. The van der Waals surface area contributed by atoms with Crippen LogP contribution in [0.3, 0.4) is 0 Å². The van der Waals surface area contributed by atoms with Crippen molar-refractivity contribution in [3.05, 3.63) is 42.2 Å². The molecule has 4 N–H and O–H groups in total. The summed E-state index contributed by atoms with van der Waals surface area (Å²) >= 11 is 0. The fourth-order valence-electron chi connectivity index (χ4n) is 2.82. The molecule has 0 atom stereocenters. The minimum Gasteiger partial charge on any atom is -0.398 e. The Hall–Kier alpha value is -3.14. The van der Waals surface area contributed by atoms with Crippen molar-refractivity contribution < 1.29 is 22.4 Å². The summed E-state index contributed by atoms with van der Waals surface area (Å²) in [5, 5.41) is 5.24. The zero-order valence-electron chi connectivity index (χ0n) is 15.0. The van der Waals surface area contributed by atoms with Crippen molar-refractivity contribution in [2.45, 2.75) is 18.2 Å². The van der Waals surface area contributed by atoms with Gasteiger partial charge >= 0.3 is 6.03 Å². The molecule has 10 heteroatoms. The van der Waals surface area contributed by atoms with Gasteiger partial charge in [-0.25, -0.2) is 17.6 Å². The number of urea groups is 1. The number of hydrogen-bond donors (Lipinski definition) is 3. The van der Waals surface area contributed by atoms with E-state index >= 15 is 0 Å². The molecule has 0 aromatic heterocycles. The lowest BCUT2D eigenvalue weighted by molar-refractivity contribution is -0.115. The zero-order chi connectivity index (χ0) is 20.5. The maximum atomic E-state index is 13.1. The maximum Gasteiger partial charge on any atom is 0.326 e. The summed E-state index contributed by atoms with van der Waals surface area (Å²) in [6.45, 7) is 1.52. The number of anilines is 4. The van der Waals surface area contributed by atoms with Gasteiger partial charge in [-0.15, -0.1) is 0 Å². The van der Waals surface area contributed by atoms with E-state index in [0.717, 1.165) is 0 Å². The Balaban J connectivity index is 2.03. The minimum absolute atomic E-state index is 0.0123. The van der Waals surface area contributed by atoms with Crippen LogP contribution in [0.25, 0.3) is 0 Å². The molecule has 3 rings (SSSR count). The molecule has 0 unspecified atom stereocenters. The van der Waals surface area contributed by atoms with E-state index in [1.54, 1.807) is 0 Å². The predicted octanol–water partition coefficient (Wildman–Crippen LogP) is 2.58. The second-order valence-corrected chi connectivity index (χ2v) is 8.44. The summed E-state index contributed by atoms with van der Waals surface area (Å²) in [4.78, 5) is 25.9. The third-order valence-electron chi connectivity index (χ3n) is 4.31. The molecule has 1 aliphatic rings. The molecular formula is C18H19FN4O4S. The number of carbonyl (C=O) groups is 2. The van der Waals surface area contributed by atoms with Crippen molar-refractivity contribution in [1.29, 1.82) is 0 Å². The van der Waals surface area contributed by atoms with Gasteiger partial charge in [0.2, 0.25) is 5.91 Å². The molecule has 3 amide bonds. The monoisotopic (exact) mass is 406 g/mol. The van der Waals surface area contributed by atoms with Crippen LogP contribution >= 0.6 is 0 Å². The molecule has 0 aliphatic carbocycles. The van der Waals surface area contributed by atoms with Crippen LogP contribution in [0, 0.1) is 5.82 Å². The molecule has 0 fully saturated rings. The Labute approximate surface area is 161 Å². The van der Waals surface area contributed by atoms with Crippen molar-refractivity contribution in [3.8, 4) is 0 Å². The number of nitrogen functional groups attached to an aromatic ring is 1. The first-order valence-corrected chi connectivity index (χ1v) is 10.2. The standard InChI is InChI=1S/C18H19FN4O4S/c1-2-28(26,27)16-10-15-14(9-13(16)20)22-17(24)7-8-23(15)18(25)21-12-5-3-11(19)4-6-12/h3-6,9-10H,2,7-8,20H2,1H3,(H,21,25)(H,22,24). The number of benzene rings is 2. The maximum absolute atomic E-state index is 13.1. The highest BCUT2D eigenvalue weighted by atomic mass is 32.2. The smallest absolute Gasteiger partial charge is 0.326 e. The van der Waals surface area contributed by atoms with Crippen molar-refractivity contribution in [3.63, 3.8) is 0 Å². The van der Waals surface area contributed by atoms with Gasteiger partial charge in [0, 0.05) is 18.7 Å². The van der Waals surface area contributed by atoms with Crippen LogP contribution in [0.15, 0.2) is 41.3 Å². The Morgan fingerprint density at radius 1 is 1.29 bits per heavy atom. The minimum atomic E-state index is -3.64. The summed E-state index contributed by atoms with van der Waals surface area (Å²) in [6, 6.07) is 7.22. The number of nitrogens with two attached hydrogens (primary N) is 1. The molecule has 0 saturated carbocycles. The highest BCUT2D eigenvalue weighted by Crippen LogP contribution is 2.36. The van der Waals surface area contributed by atoms with Crippen molar-refractivity contribution in [2.24, 2.45) is 0 Å². The second kappa shape index (κ2) is 7.47. The van der Waals surface area contributed by atoms with E-state index in [-0.39, 0.29) is 46.6 Å². The first-order chi connectivity index (χ1) is 13.2. The summed E-state index contributed by atoms with van der Waals surface area (Å²) in [5.41, 5.74) is 6.67. The van der Waals surface area contributed by atoms with Gasteiger partial charge in [0.15, 0.2) is 9.84 Å². The lowest BCUT2D eigenvalue weighted by Gasteiger charge is -2.24. The van der Waals surface area contributed by atoms with E-state index in [2.05, 4.69) is 10.6 Å². The number of amides is 3. The van der Waals surface area contributed by atoms with Gasteiger partial charge in [0.25, 0.3) is 0 Å². The van der Waals surface area contributed by atoms with E-state index in [4.69, 9.17) is 5.73 Å². The van der Waals surface area contributed by atoms with Gasteiger partial charge in [-0.05, 0) is 36.4 Å². The molecule has 0 bridgehead atoms.